The van der Waals surface area contributed by atoms with Crippen LogP contribution in [0.5, 0.6) is 0 Å². The third kappa shape index (κ3) is 4.28. The molecule has 0 unspecified atom stereocenters. The second-order valence-corrected chi connectivity index (χ2v) is 6.69. The molecule has 0 N–H and O–H groups in total. The molecule has 0 atom stereocenters. The molecule has 1 aromatic heterocycles. The molecule has 1 heterocycles. The van der Waals surface area contributed by atoms with Gasteiger partial charge in [0.1, 0.15) is 0 Å². The van der Waals surface area contributed by atoms with E-state index >= 15 is 0 Å². The molecular weight excluding hydrogens is 380 g/mol. The minimum Gasteiger partial charge on any atom is -0.741 e. The zero-order valence-electron chi connectivity index (χ0n) is 12.3. The lowest BCUT2D eigenvalue weighted by molar-refractivity contribution is -0.674. The van der Waals surface area contributed by atoms with E-state index in [0.29, 0.717) is 10.0 Å². The lowest BCUT2D eigenvalue weighted by atomic mass is 10.3. The smallest absolute Gasteiger partial charge is 0.485 e. The van der Waals surface area contributed by atoms with E-state index in [0.717, 1.165) is 17.6 Å². The van der Waals surface area contributed by atoms with Crippen LogP contribution in [0.15, 0.2) is 12.1 Å². The molecule has 23 heavy (non-hydrogen) atoms. The summed E-state index contributed by atoms with van der Waals surface area (Å²) in [5.41, 5.74) is -3.40. The van der Waals surface area contributed by atoms with Crippen LogP contribution in [-0.2, 0) is 23.7 Å². The van der Waals surface area contributed by atoms with Crippen LogP contribution in [0.4, 0.5) is 13.2 Å². The standard InChI is InChI=1S/C11H13Cl2N2.CHF3O3S/c1-4-15-7(2)14(3)10-5-8(12)9(13)6-11(10)15;2-1(3,4)8(5,6)7/h5-6H,4H2,1-3H3;(H,5,6,7)/q+1;/p-1. The Labute approximate surface area is 141 Å². The average Bonchev–Trinajstić information content (AvgIpc) is 2.61. The molecule has 130 valence electrons. The Morgan fingerprint density at radius 2 is 1.70 bits per heavy atom. The Hall–Kier alpha value is -1.03. The van der Waals surface area contributed by atoms with Crippen molar-refractivity contribution in [3.63, 3.8) is 0 Å². The summed E-state index contributed by atoms with van der Waals surface area (Å²) in [4.78, 5) is 0. The Morgan fingerprint density at radius 1 is 1.26 bits per heavy atom. The number of alkyl halides is 3. The number of halogens is 5. The highest BCUT2D eigenvalue weighted by atomic mass is 35.5. The van der Waals surface area contributed by atoms with Crippen molar-refractivity contribution >= 4 is 44.4 Å². The number of rotatable bonds is 1. The quantitative estimate of drug-likeness (QED) is 0.425. The van der Waals surface area contributed by atoms with Gasteiger partial charge in [0.25, 0.3) is 5.82 Å². The maximum Gasteiger partial charge on any atom is 0.485 e. The molecule has 2 aromatic rings. The largest absolute Gasteiger partial charge is 0.741 e. The van der Waals surface area contributed by atoms with Gasteiger partial charge in [-0.05, 0) is 6.92 Å². The molecule has 11 heteroatoms. The van der Waals surface area contributed by atoms with Gasteiger partial charge in [0, 0.05) is 19.1 Å². The maximum atomic E-state index is 10.7. The van der Waals surface area contributed by atoms with Crippen LogP contribution < -0.4 is 4.57 Å². The predicted octanol–water partition coefficient (Wildman–Crippen LogP) is 3.15. The first-order valence-electron chi connectivity index (χ1n) is 6.17. The van der Waals surface area contributed by atoms with E-state index in [-0.39, 0.29) is 0 Å². The molecule has 0 aliphatic carbocycles. The Morgan fingerprint density at radius 3 is 2.09 bits per heavy atom. The van der Waals surface area contributed by atoms with E-state index < -0.39 is 15.6 Å². The van der Waals surface area contributed by atoms with E-state index in [9.17, 15) is 13.2 Å². The summed E-state index contributed by atoms with van der Waals surface area (Å²) in [5.74, 6) is 1.20. The van der Waals surface area contributed by atoms with Gasteiger partial charge in [-0.2, -0.15) is 13.2 Å². The molecule has 0 aliphatic rings. The molecular formula is C12H13Cl2F3N2O3S. The van der Waals surface area contributed by atoms with Crippen LogP contribution in [0.2, 0.25) is 10.0 Å². The van der Waals surface area contributed by atoms with E-state index in [4.69, 9.17) is 36.2 Å². The summed E-state index contributed by atoms with van der Waals surface area (Å²) in [6.07, 6.45) is 0. The number of hydrogen-bond acceptors (Lipinski definition) is 3. The number of aryl methyl sites for hydroxylation is 2. The number of aromatic nitrogens is 2. The van der Waals surface area contributed by atoms with Crippen molar-refractivity contribution in [2.45, 2.75) is 25.9 Å². The molecule has 0 radical (unpaired) electrons. The highest BCUT2D eigenvalue weighted by molar-refractivity contribution is 7.86. The summed E-state index contributed by atoms with van der Waals surface area (Å²) in [5, 5.41) is 1.21. The first kappa shape index (κ1) is 20.0. The number of nitrogens with zero attached hydrogens (tertiary/aromatic N) is 2. The van der Waals surface area contributed by atoms with Gasteiger partial charge in [0.15, 0.2) is 21.2 Å². The minimum absolute atomic E-state index is 0.605. The number of benzene rings is 1. The molecule has 0 saturated carbocycles. The van der Waals surface area contributed by atoms with Crippen LogP contribution in [-0.4, -0.2) is 23.0 Å². The van der Waals surface area contributed by atoms with Crippen molar-refractivity contribution in [1.82, 2.24) is 4.57 Å². The van der Waals surface area contributed by atoms with Crippen molar-refractivity contribution < 1.29 is 30.7 Å². The molecule has 0 fully saturated rings. The van der Waals surface area contributed by atoms with Crippen LogP contribution in [0.1, 0.15) is 12.7 Å². The van der Waals surface area contributed by atoms with E-state index in [2.05, 4.69) is 23.0 Å². The number of hydrogen-bond donors (Lipinski definition) is 0. The zero-order valence-corrected chi connectivity index (χ0v) is 14.6. The summed E-state index contributed by atoms with van der Waals surface area (Å²) in [6.45, 7) is 5.14. The Balaban J connectivity index is 0.000000284. The molecule has 0 bridgehead atoms. The van der Waals surface area contributed by atoms with Crippen molar-refractivity contribution in [1.29, 1.82) is 0 Å². The van der Waals surface area contributed by atoms with Gasteiger partial charge >= 0.3 is 5.51 Å². The van der Waals surface area contributed by atoms with Crippen LogP contribution >= 0.6 is 23.2 Å². The van der Waals surface area contributed by atoms with E-state index in [1.807, 2.05) is 19.2 Å². The van der Waals surface area contributed by atoms with Gasteiger partial charge in [-0.25, -0.2) is 17.6 Å². The third-order valence-electron chi connectivity index (χ3n) is 3.15. The van der Waals surface area contributed by atoms with Crippen LogP contribution in [0.3, 0.4) is 0 Å². The SMILES string of the molecule is CC[n+]1c(C)n(C)c2cc(Cl)c(Cl)cc21.O=S(=O)([O-])C(F)(F)F. The second-order valence-electron chi connectivity index (χ2n) is 4.51. The molecule has 0 amide bonds. The maximum absolute atomic E-state index is 10.7. The Kier molecular flexibility index (Phi) is 5.95. The van der Waals surface area contributed by atoms with Gasteiger partial charge < -0.3 is 4.55 Å². The average molecular weight is 393 g/mol. The van der Waals surface area contributed by atoms with E-state index in [1.54, 1.807) is 0 Å². The Bertz CT molecular complexity index is 832. The molecule has 2 rings (SSSR count). The second kappa shape index (κ2) is 6.84. The van der Waals surface area contributed by atoms with Crippen molar-refractivity contribution in [2.24, 2.45) is 7.05 Å². The molecule has 0 aliphatic heterocycles. The lowest BCUT2D eigenvalue weighted by Gasteiger charge is -2.08. The van der Waals surface area contributed by atoms with Gasteiger partial charge in [-0.3, -0.25) is 0 Å². The summed E-state index contributed by atoms with van der Waals surface area (Å²) < 4.78 is 63.2. The summed E-state index contributed by atoms with van der Waals surface area (Å²) in [7, 11) is -4.05. The normalized spacial score (nSPS) is 12.2. The first-order valence-corrected chi connectivity index (χ1v) is 8.33. The van der Waals surface area contributed by atoms with Crippen LogP contribution in [0, 0.1) is 6.92 Å². The third-order valence-corrected chi connectivity index (χ3v) is 4.43. The van der Waals surface area contributed by atoms with Gasteiger partial charge in [-0.1, -0.05) is 23.2 Å². The van der Waals surface area contributed by atoms with Gasteiger partial charge in [0.05, 0.1) is 23.6 Å². The monoisotopic (exact) mass is 392 g/mol. The van der Waals surface area contributed by atoms with Crippen molar-refractivity contribution in [2.75, 3.05) is 0 Å². The van der Waals surface area contributed by atoms with Crippen LogP contribution in [0.25, 0.3) is 11.0 Å². The fourth-order valence-corrected chi connectivity index (χ4v) is 2.26. The fourth-order valence-electron chi connectivity index (χ4n) is 1.94. The molecule has 5 nitrogen and oxygen atoms in total. The summed E-state index contributed by atoms with van der Waals surface area (Å²) >= 11 is 12.0. The molecule has 0 saturated heterocycles. The van der Waals surface area contributed by atoms with Gasteiger partial charge in [0.2, 0.25) is 0 Å². The fraction of sp³-hybridized carbons (Fsp3) is 0.417. The first-order chi connectivity index (χ1) is 10.3. The summed E-state index contributed by atoms with van der Waals surface area (Å²) in [6, 6.07) is 3.84. The molecule has 0 spiro atoms. The number of fused-ring (bicyclic) bond motifs is 1. The van der Waals surface area contributed by atoms with Gasteiger partial charge in [-0.15, -0.1) is 0 Å². The minimum atomic E-state index is -6.09. The number of imidazole rings is 1. The van der Waals surface area contributed by atoms with Crippen molar-refractivity contribution in [3.05, 3.63) is 28.0 Å². The zero-order chi connectivity index (χ0) is 18.2. The molecule has 1 aromatic carbocycles. The van der Waals surface area contributed by atoms with E-state index in [1.165, 1.54) is 5.82 Å². The highest BCUT2D eigenvalue weighted by Gasteiger charge is 2.36. The van der Waals surface area contributed by atoms with Crippen molar-refractivity contribution in [3.8, 4) is 0 Å². The lowest BCUT2D eigenvalue weighted by Crippen LogP contribution is -2.34. The highest BCUT2D eigenvalue weighted by Crippen LogP contribution is 2.27. The predicted molar refractivity (Wildman–Crippen MR) is 79.3 cm³/mol. The topological polar surface area (TPSA) is 66.0 Å².